The predicted molar refractivity (Wildman–Crippen MR) is 73.3 cm³/mol. The molecule has 0 saturated heterocycles. The minimum Gasteiger partial charge on any atom is -0.305 e. The zero-order chi connectivity index (χ0) is 13.9. The number of halogens is 1. The zero-order valence-electron chi connectivity index (χ0n) is 10.4. The van der Waals surface area contributed by atoms with Crippen LogP contribution in [0.1, 0.15) is 11.1 Å². The predicted octanol–water partition coefficient (Wildman–Crippen LogP) is 2.14. The first-order chi connectivity index (χ1) is 9.72. The molecule has 4 nitrogen and oxygen atoms in total. The third-order valence-electron chi connectivity index (χ3n) is 2.80. The van der Waals surface area contributed by atoms with E-state index in [1.165, 1.54) is 12.1 Å². The summed E-state index contributed by atoms with van der Waals surface area (Å²) in [6, 6.07) is 9.50. The van der Waals surface area contributed by atoms with E-state index in [0.29, 0.717) is 11.4 Å². The Bertz CT molecular complexity index is 723. The maximum atomic E-state index is 13.1. The Morgan fingerprint density at radius 2 is 1.95 bits per heavy atom. The van der Waals surface area contributed by atoms with Gasteiger partial charge in [0.15, 0.2) is 0 Å². The normalized spacial score (nSPS) is 16.1. The Hall–Kier alpha value is -2.82. The van der Waals surface area contributed by atoms with Crippen LogP contribution in [0.15, 0.2) is 59.5 Å². The van der Waals surface area contributed by atoms with Crippen molar-refractivity contribution in [1.82, 2.24) is 10.3 Å². The van der Waals surface area contributed by atoms with Gasteiger partial charge in [-0.1, -0.05) is 12.1 Å². The van der Waals surface area contributed by atoms with Crippen molar-refractivity contribution < 1.29 is 9.18 Å². The van der Waals surface area contributed by atoms with Crippen LogP contribution in [0.4, 0.5) is 4.39 Å². The number of carbonyl (C=O) groups excluding carboxylic acids is 1. The van der Waals surface area contributed by atoms with Gasteiger partial charge in [-0.2, -0.15) is 0 Å². The van der Waals surface area contributed by atoms with Gasteiger partial charge in [0.05, 0.1) is 0 Å². The molecule has 1 N–H and O–H groups in total. The highest BCUT2D eigenvalue weighted by molar-refractivity contribution is 6.19. The van der Waals surface area contributed by atoms with Gasteiger partial charge in [-0.05, 0) is 35.9 Å². The average molecular weight is 267 g/mol. The number of aliphatic imine (C=N–C) groups is 1. The summed E-state index contributed by atoms with van der Waals surface area (Å²) in [6.07, 6.45) is 4.79. The zero-order valence-corrected chi connectivity index (χ0v) is 10.4. The summed E-state index contributed by atoms with van der Waals surface area (Å²) in [7, 11) is 0. The first kappa shape index (κ1) is 12.2. The van der Waals surface area contributed by atoms with Crippen LogP contribution in [0.3, 0.4) is 0 Å². The van der Waals surface area contributed by atoms with Crippen LogP contribution >= 0.6 is 0 Å². The summed E-state index contributed by atoms with van der Waals surface area (Å²) in [5.41, 5.74) is 1.62. The Labute approximate surface area is 114 Å². The molecule has 5 heteroatoms. The average Bonchev–Trinajstić information content (AvgIpc) is 2.81. The molecule has 1 aliphatic rings. The van der Waals surface area contributed by atoms with E-state index in [9.17, 15) is 9.18 Å². The molecule has 0 atom stereocenters. The molecule has 20 heavy (non-hydrogen) atoms. The fourth-order valence-corrected chi connectivity index (χ4v) is 1.87. The van der Waals surface area contributed by atoms with Crippen LogP contribution < -0.4 is 5.32 Å². The first-order valence-electron chi connectivity index (χ1n) is 6.00. The quantitative estimate of drug-likeness (QED) is 0.847. The lowest BCUT2D eigenvalue weighted by Crippen LogP contribution is -2.24. The minimum atomic E-state index is -0.351. The molecule has 2 aromatic rings. The number of nitrogens with one attached hydrogen (secondary N) is 1. The third kappa shape index (κ3) is 2.47. The lowest BCUT2D eigenvalue weighted by atomic mass is 10.2. The topological polar surface area (TPSA) is 54.4 Å². The number of nitrogens with zero attached hydrogens (tertiary/aromatic N) is 2. The first-order valence-corrected chi connectivity index (χ1v) is 6.00. The summed E-state index contributed by atoms with van der Waals surface area (Å²) in [6.45, 7) is 0. The van der Waals surface area contributed by atoms with Crippen LogP contribution in [0, 0.1) is 5.82 Å². The van der Waals surface area contributed by atoms with E-state index in [1.807, 2.05) is 0 Å². The second kappa shape index (κ2) is 5.05. The van der Waals surface area contributed by atoms with Gasteiger partial charge < -0.3 is 5.32 Å². The molecule has 0 unspecified atom stereocenters. The van der Waals surface area contributed by atoms with E-state index < -0.39 is 0 Å². The van der Waals surface area contributed by atoms with Crippen LogP contribution in [0.2, 0.25) is 0 Å². The minimum absolute atomic E-state index is 0.252. The fraction of sp³-hybridized carbons (Fsp3) is 0. The molecular formula is C15H10FN3O. The maximum absolute atomic E-state index is 13.1. The number of amidine groups is 1. The van der Waals surface area contributed by atoms with E-state index in [0.717, 1.165) is 5.56 Å². The van der Waals surface area contributed by atoms with Crippen molar-refractivity contribution >= 4 is 17.8 Å². The number of carbonyl (C=O) groups is 1. The van der Waals surface area contributed by atoms with Crippen LogP contribution in [0.5, 0.6) is 0 Å². The molecule has 1 aromatic heterocycles. The Morgan fingerprint density at radius 3 is 2.70 bits per heavy atom. The van der Waals surface area contributed by atoms with E-state index in [4.69, 9.17) is 0 Å². The molecule has 0 radical (unpaired) electrons. The monoisotopic (exact) mass is 267 g/mol. The lowest BCUT2D eigenvalue weighted by Gasteiger charge is -1.97. The second-order valence-electron chi connectivity index (χ2n) is 4.24. The van der Waals surface area contributed by atoms with Crippen molar-refractivity contribution in [1.29, 1.82) is 0 Å². The molecule has 98 valence electrons. The van der Waals surface area contributed by atoms with Crippen molar-refractivity contribution in [2.45, 2.75) is 0 Å². The molecule has 0 aliphatic carbocycles. The van der Waals surface area contributed by atoms with Crippen LogP contribution in [-0.4, -0.2) is 16.7 Å². The molecular weight excluding hydrogens is 257 g/mol. The molecule has 0 spiro atoms. The summed E-state index contributed by atoms with van der Waals surface area (Å²) in [4.78, 5) is 20.0. The number of rotatable bonds is 2. The number of hydrogen-bond donors (Lipinski definition) is 1. The van der Waals surface area contributed by atoms with Gasteiger partial charge in [0.1, 0.15) is 17.3 Å². The molecule has 1 aliphatic heterocycles. The van der Waals surface area contributed by atoms with Crippen molar-refractivity contribution in [3.63, 3.8) is 0 Å². The molecule has 3 rings (SSSR count). The van der Waals surface area contributed by atoms with Crippen molar-refractivity contribution in [3.8, 4) is 0 Å². The van der Waals surface area contributed by atoms with Gasteiger partial charge in [-0.15, -0.1) is 0 Å². The summed E-state index contributed by atoms with van der Waals surface area (Å²) in [5, 5.41) is 2.68. The van der Waals surface area contributed by atoms with Crippen molar-refractivity contribution in [2.24, 2.45) is 4.99 Å². The number of pyridine rings is 1. The van der Waals surface area contributed by atoms with Gasteiger partial charge in [0.2, 0.25) is 0 Å². The molecule has 0 saturated carbocycles. The highest BCUT2D eigenvalue weighted by atomic mass is 19.1. The molecule has 1 amide bonds. The van der Waals surface area contributed by atoms with Gasteiger partial charge in [-0.3, -0.25) is 9.78 Å². The largest absolute Gasteiger partial charge is 0.305 e. The summed E-state index contributed by atoms with van der Waals surface area (Å²) >= 11 is 0. The van der Waals surface area contributed by atoms with Gasteiger partial charge in [0, 0.05) is 18.0 Å². The second-order valence-corrected chi connectivity index (χ2v) is 4.24. The number of amides is 1. The van der Waals surface area contributed by atoms with Crippen molar-refractivity contribution in [3.05, 3.63) is 71.4 Å². The smallest absolute Gasteiger partial charge is 0.275 e. The van der Waals surface area contributed by atoms with E-state index in [1.54, 1.807) is 42.7 Å². The highest BCUT2D eigenvalue weighted by Gasteiger charge is 2.20. The standard InChI is InChI=1S/C15H10FN3O/c16-12-3-1-2-10(8-12)9-13-15(20)19-14(18-13)11-4-6-17-7-5-11/h1-9H,(H,18,19,20)/b13-9+. The van der Waals surface area contributed by atoms with Gasteiger partial charge in [-0.25, -0.2) is 9.38 Å². The van der Waals surface area contributed by atoms with E-state index in [2.05, 4.69) is 15.3 Å². The summed E-state index contributed by atoms with van der Waals surface area (Å²) < 4.78 is 13.1. The Balaban J connectivity index is 1.95. The van der Waals surface area contributed by atoms with E-state index >= 15 is 0 Å². The maximum Gasteiger partial charge on any atom is 0.275 e. The Morgan fingerprint density at radius 1 is 1.15 bits per heavy atom. The number of aromatic nitrogens is 1. The van der Waals surface area contributed by atoms with Crippen LogP contribution in [0.25, 0.3) is 6.08 Å². The van der Waals surface area contributed by atoms with Crippen molar-refractivity contribution in [2.75, 3.05) is 0 Å². The molecule has 2 heterocycles. The SMILES string of the molecule is O=C1NC(c2ccncc2)=N/C1=C/c1cccc(F)c1. The molecule has 1 aromatic carbocycles. The highest BCUT2D eigenvalue weighted by Crippen LogP contribution is 2.15. The van der Waals surface area contributed by atoms with Crippen LogP contribution in [-0.2, 0) is 4.79 Å². The summed E-state index contributed by atoms with van der Waals surface area (Å²) in [5.74, 6) is -0.183. The Kier molecular flexibility index (Phi) is 3.09. The fourth-order valence-electron chi connectivity index (χ4n) is 1.87. The number of hydrogen-bond acceptors (Lipinski definition) is 3. The third-order valence-corrected chi connectivity index (χ3v) is 2.80. The number of benzene rings is 1. The van der Waals surface area contributed by atoms with E-state index in [-0.39, 0.29) is 17.4 Å². The van der Waals surface area contributed by atoms with Gasteiger partial charge in [0.25, 0.3) is 5.91 Å². The molecule has 0 fully saturated rings. The molecule has 0 bridgehead atoms. The lowest BCUT2D eigenvalue weighted by molar-refractivity contribution is -0.115. The van der Waals surface area contributed by atoms with Gasteiger partial charge >= 0.3 is 0 Å².